The maximum atomic E-state index is 13.8. The van der Waals surface area contributed by atoms with Crippen LogP contribution >= 0.6 is 22.7 Å². The second-order valence-electron chi connectivity index (χ2n) is 8.88. The lowest BCUT2D eigenvalue weighted by atomic mass is 10.1. The third kappa shape index (κ3) is 6.05. The first-order valence-electron chi connectivity index (χ1n) is 12.2. The topological polar surface area (TPSA) is 102 Å². The molecule has 1 unspecified atom stereocenters. The third-order valence-corrected chi connectivity index (χ3v) is 8.16. The summed E-state index contributed by atoms with van der Waals surface area (Å²) in [5.74, 6) is 0.733. The van der Waals surface area contributed by atoms with E-state index in [9.17, 15) is 9.59 Å². The van der Waals surface area contributed by atoms with Gasteiger partial charge in [-0.1, -0.05) is 25.0 Å². The molecule has 1 aromatic carbocycles. The normalized spacial score (nSPS) is 14.4. The van der Waals surface area contributed by atoms with Crippen LogP contribution in [-0.4, -0.2) is 50.1 Å². The van der Waals surface area contributed by atoms with Gasteiger partial charge in [0.25, 0.3) is 0 Å². The molecule has 192 valence electrons. The van der Waals surface area contributed by atoms with Crippen LogP contribution in [0, 0.1) is 0 Å². The van der Waals surface area contributed by atoms with Gasteiger partial charge < -0.3 is 15.0 Å². The van der Waals surface area contributed by atoms with Crippen molar-refractivity contribution in [3.05, 3.63) is 69.0 Å². The van der Waals surface area contributed by atoms with Crippen molar-refractivity contribution in [3.8, 4) is 17.1 Å². The first kappa shape index (κ1) is 25.1. The number of hydrogen-bond donors (Lipinski definition) is 1. The van der Waals surface area contributed by atoms with Crippen LogP contribution in [0.5, 0.6) is 5.75 Å². The number of hydrogen-bond acceptors (Lipinski definition) is 8. The Hall–Kier alpha value is -3.57. The molecule has 3 aromatic heterocycles. The quantitative estimate of drug-likeness (QED) is 0.324. The molecular weight excluding hydrogens is 508 g/mol. The number of rotatable bonds is 10. The van der Waals surface area contributed by atoms with Gasteiger partial charge >= 0.3 is 0 Å². The lowest BCUT2D eigenvalue weighted by Gasteiger charge is -2.31. The molecule has 0 spiro atoms. The number of benzene rings is 1. The molecule has 4 aromatic rings. The van der Waals surface area contributed by atoms with Gasteiger partial charge in [-0.3, -0.25) is 9.59 Å². The van der Waals surface area contributed by atoms with Gasteiger partial charge in [0.15, 0.2) is 0 Å². The Bertz CT molecular complexity index is 1300. The van der Waals surface area contributed by atoms with Crippen molar-refractivity contribution in [2.75, 3.05) is 7.11 Å². The molecule has 1 atom stereocenters. The minimum Gasteiger partial charge on any atom is -0.497 e. The van der Waals surface area contributed by atoms with Crippen LogP contribution in [-0.2, 0) is 22.7 Å². The molecule has 5 rings (SSSR count). The highest BCUT2D eigenvalue weighted by Crippen LogP contribution is 2.30. The Kier molecular flexibility index (Phi) is 7.90. The second-order valence-corrected chi connectivity index (χ2v) is 10.9. The fraction of sp³-hybridized carbons (Fsp3) is 0.346. The maximum absolute atomic E-state index is 13.8. The first-order chi connectivity index (χ1) is 18.1. The minimum absolute atomic E-state index is 0.132. The second kappa shape index (κ2) is 11.7. The van der Waals surface area contributed by atoms with Gasteiger partial charge in [-0.15, -0.1) is 32.9 Å². The van der Waals surface area contributed by atoms with E-state index in [0.29, 0.717) is 12.4 Å². The molecule has 1 N–H and O–H groups in total. The highest BCUT2D eigenvalue weighted by molar-refractivity contribution is 7.10. The van der Waals surface area contributed by atoms with Crippen molar-refractivity contribution in [3.63, 3.8) is 0 Å². The Morgan fingerprint density at radius 2 is 1.86 bits per heavy atom. The zero-order chi connectivity index (χ0) is 25.6. The van der Waals surface area contributed by atoms with E-state index in [1.807, 2.05) is 59.3 Å². The Morgan fingerprint density at radius 3 is 2.54 bits per heavy atom. The highest BCUT2D eigenvalue weighted by atomic mass is 32.1. The number of nitrogens with one attached hydrogen (secondary N) is 1. The van der Waals surface area contributed by atoms with E-state index in [4.69, 9.17) is 4.74 Å². The van der Waals surface area contributed by atoms with Gasteiger partial charge in [0.05, 0.1) is 13.7 Å². The summed E-state index contributed by atoms with van der Waals surface area (Å²) in [6.07, 6.45) is 4.17. The van der Waals surface area contributed by atoms with Gasteiger partial charge in [-0.05, 0) is 65.2 Å². The molecular formula is C26H28N6O3S2. The van der Waals surface area contributed by atoms with Crippen LogP contribution in [0.3, 0.4) is 0 Å². The summed E-state index contributed by atoms with van der Waals surface area (Å²) in [4.78, 5) is 32.1. The van der Waals surface area contributed by atoms with Gasteiger partial charge in [-0.2, -0.15) is 4.80 Å². The minimum atomic E-state index is -0.736. The summed E-state index contributed by atoms with van der Waals surface area (Å²) >= 11 is 3.03. The van der Waals surface area contributed by atoms with Crippen LogP contribution in [0.25, 0.3) is 11.4 Å². The zero-order valence-corrected chi connectivity index (χ0v) is 22.1. The summed E-state index contributed by atoms with van der Waals surface area (Å²) < 4.78 is 5.20. The first-order valence-corrected chi connectivity index (χ1v) is 13.9. The molecule has 2 amide bonds. The van der Waals surface area contributed by atoms with Gasteiger partial charge in [-0.25, -0.2) is 0 Å². The Balaban J connectivity index is 1.39. The lowest BCUT2D eigenvalue weighted by Crippen LogP contribution is -2.46. The number of nitrogens with zero attached hydrogens (tertiary/aromatic N) is 5. The molecule has 0 saturated heterocycles. The van der Waals surface area contributed by atoms with Crippen molar-refractivity contribution < 1.29 is 14.3 Å². The van der Waals surface area contributed by atoms with Crippen LogP contribution in [0.15, 0.2) is 59.3 Å². The summed E-state index contributed by atoms with van der Waals surface area (Å²) in [6.45, 7) is 0.185. The molecule has 1 aliphatic carbocycles. The fourth-order valence-electron chi connectivity index (χ4n) is 4.49. The van der Waals surface area contributed by atoms with Gasteiger partial charge in [0.2, 0.25) is 17.6 Å². The lowest BCUT2D eigenvalue weighted by molar-refractivity contribution is -0.142. The van der Waals surface area contributed by atoms with Crippen LogP contribution in [0.1, 0.15) is 41.5 Å². The molecule has 1 aliphatic rings. The van der Waals surface area contributed by atoms with Crippen molar-refractivity contribution in [1.82, 2.24) is 30.4 Å². The smallest absolute Gasteiger partial charge is 0.248 e. The molecule has 1 fully saturated rings. The van der Waals surface area contributed by atoms with Crippen LogP contribution in [0.4, 0.5) is 0 Å². The number of aromatic nitrogens is 4. The molecule has 11 heteroatoms. The molecule has 37 heavy (non-hydrogen) atoms. The number of methoxy groups -OCH3 is 1. The summed E-state index contributed by atoms with van der Waals surface area (Å²) in [6, 6.07) is 14.5. The third-order valence-electron chi connectivity index (χ3n) is 6.38. The summed E-state index contributed by atoms with van der Waals surface area (Å²) in [5, 5.41) is 19.7. The molecule has 0 radical (unpaired) electrons. The van der Waals surface area contributed by atoms with Gasteiger partial charge in [0, 0.05) is 21.4 Å². The Morgan fingerprint density at radius 1 is 1.11 bits per heavy atom. The monoisotopic (exact) mass is 536 g/mol. The number of thiophene rings is 2. The van der Waals surface area contributed by atoms with E-state index in [2.05, 4.69) is 20.7 Å². The molecule has 9 nitrogen and oxygen atoms in total. The van der Waals surface area contributed by atoms with E-state index >= 15 is 0 Å². The zero-order valence-electron chi connectivity index (χ0n) is 20.4. The van der Waals surface area contributed by atoms with Crippen molar-refractivity contribution in [1.29, 1.82) is 0 Å². The molecule has 0 bridgehead atoms. The van der Waals surface area contributed by atoms with E-state index < -0.39 is 6.04 Å². The fourth-order valence-corrected chi connectivity index (χ4v) is 6.03. The number of tetrazole rings is 1. The SMILES string of the molecule is COc1ccc(-c2nnn(CC(=O)N(Cc3cccs3)C(C(=O)NC3CCCC3)c3cccs3)n2)cc1. The maximum Gasteiger partial charge on any atom is 0.248 e. The highest BCUT2D eigenvalue weighted by Gasteiger charge is 2.34. The average molecular weight is 537 g/mol. The summed E-state index contributed by atoms with van der Waals surface area (Å²) in [5.41, 5.74) is 0.766. The number of carbonyl (C=O) groups excluding carboxylic acids is 2. The molecule has 1 saturated carbocycles. The van der Waals surface area contributed by atoms with Crippen LogP contribution in [0.2, 0.25) is 0 Å². The largest absolute Gasteiger partial charge is 0.497 e. The molecule has 3 heterocycles. The van der Waals surface area contributed by atoms with Crippen molar-refractivity contribution >= 4 is 34.5 Å². The average Bonchev–Trinajstić information content (AvgIpc) is 3.73. The number of amides is 2. The number of carbonyl (C=O) groups is 2. The number of ether oxygens (including phenoxy) is 1. The van der Waals surface area contributed by atoms with Crippen molar-refractivity contribution in [2.24, 2.45) is 0 Å². The van der Waals surface area contributed by atoms with E-state index in [0.717, 1.165) is 46.8 Å². The standard InChI is InChI=1S/C26H28N6O3S2/c1-35-20-12-10-18(11-13-20)25-28-30-32(29-25)17-23(33)31(16-21-8-4-14-36-21)24(22-9-5-15-37-22)26(34)27-19-6-2-3-7-19/h4-5,8-15,19,24H,2-3,6-7,16-17H2,1H3,(H,27,34). The van der Waals surface area contributed by atoms with E-state index in [-0.39, 0.29) is 24.4 Å². The van der Waals surface area contributed by atoms with Crippen LogP contribution < -0.4 is 10.1 Å². The Labute approximate surface area is 223 Å². The van der Waals surface area contributed by atoms with Gasteiger partial charge in [0.1, 0.15) is 18.3 Å². The predicted octanol–water partition coefficient (Wildman–Crippen LogP) is 4.30. The van der Waals surface area contributed by atoms with Crippen molar-refractivity contribution in [2.45, 2.75) is 50.9 Å². The van der Waals surface area contributed by atoms with E-state index in [1.165, 1.54) is 16.1 Å². The molecule has 0 aliphatic heterocycles. The predicted molar refractivity (Wildman–Crippen MR) is 142 cm³/mol. The summed E-state index contributed by atoms with van der Waals surface area (Å²) in [7, 11) is 1.61. The van der Waals surface area contributed by atoms with E-state index in [1.54, 1.807) is 23.3 Å².